The van der Waals surface area contributed by atoms with Crippen molar-refractivity contribution in [2.45, 2.75) is 78.6 Å². The van der Waals surface area contributed by atoms with Gasteiger partial charge in [0.15, 0.2) is 0 Å². The monoisotopic (exact) mass is 566 g/mol. The van der Waals surface area contributed by atoms with Crippen molar-refractivity contribution in [2.24, 2.45) is 0 Å². The Morgan fingerprint density at radius 3 is 1.05 bits per heavy atom. The van der Waals surface area contributed by atoms with Crippen LogP contribution in [0.5, 0.6) is 17.2 Å². The second kappa shape index (κ2) is 15.7. The van der Waals surface area contributed by atoms with Crippen molar-refractivity contribution in [3.05, 3.63) is 88.0 Å². The first kappa shape index (κ1) is 31.5. The van der Waals surface area contributed by atoms with E-state index < -0.39 is 7.82 Å². The first-order valence-corrected chi connectivity index (χ1v) is 15.7. The number of phosphoric acid groups is 1. The first-order chi connectivity index (χ1) is 19.9. The molecule has 0 aliphatic heterocycles. The van der Waals surface area contributed by atoms with E-state index in [-0.39, 0.29) is 0 Å². The molecule has 0 saturated heterocycles. The minimum Gasteiger partial charge on any atom is -0.385 e. The number of hydrogen-bond donors (Lipinski definition) is 0. The molecule has 0 spiro atoms. The van der Waals surface area contributed by atoms with Crippen LogP contribution in [0.4, 0.5) is 0 Å². The van der Waals surface area contributed by atoms with Gasteiger partial charge in [-0.05, 0) is 36.0 Å². The third-order valence-electron chi connectivity index (χ3n) is 6.58. The van der Waals surface area contributed by atoms with Crippen molar-refractivity contribution < 1.29 is 18.1 Å². The number of benzene rings is 3. The smallest absolute Gasteiger partial charge is 0.385 e. The lowest BCUT2D eigenvalue weighted by molar-refractivity contribution is 0.292. The molecule has 4 nitrogen and oxygen atoms in total. The predicted octanol–water partition coefficient (Wildman–Crippen LogP) is 8.72. The van der Waals surface area contributed by atoms with Crippen molar-refractivity contribution in [2.75, 3.05) is 0 Å². The van der Waals surface area contributed by atoms with Crippen LogP contribution in [0.25, 0.3) is 0 Å². The van der Waals surface area contributed by atoms with E-state index >= 15 is 4.57 Å². The molecule has 0 bridgehead atoms. The number of hydrogen-bond acceptors (Lipinski definition) is 4. The molecule has 0 aromatic heterocycles. The maximum absolute atomic E-state index is 15.0. The maximum atomic E-state index is 15.0. The van der Waals surface area contributed by atoms with Crippen LogP contribution >= 0.6 is 7.82 Å². The molecule has 0 amide bonds. The average molecular weight is 567 g/mol. The molecule has 0 N–H and O–H groups in total. The third-order valence-corrected chi connectivity index (χ3v) is 7.80. The van der Waals surface area contributed by atoms with Crippen LogP contribution in [0, 0.1) is 37.0 Å². The van der Waals surface area contributed by atoms with Crippen LogP contribution in [0.1, 0.15) is 73.4 Å². The molecule has 5 heteroatoms. The van der Waals surface area contributed by atoms with E-state index in [4.69, 9.17) is 32.8 Å². The second-order valence-corrected chi connectivity index (χ2v) is 11.3. The quantitative estimate of drug-likeness (QED) is 0.136. The molecular weight excluding hydrogens is 527 g/mol. The van der Waals surface area contributed by atoms with E-state index in [2.05, 4.69) is 38.5 Å². The van der Waals surface area contributed by atoms with Gasteiger partial charge in [0, 0.05) is 36.0 Å². The minimum atomic E-state index is -4.39. The molecule has 0 saturated carbocycles. The molecule has 3 aromatic carbocycles. The minimum absolute atomic E-state index is 0.302. The molecule has 3 rings (SSSR count). The largest absolute Gasteiger partial charge is 0.647 e. The Morgan fingerprint density at radius 2 is 0.805 bits per heavy atom. The fourth-order valence-corrected chi connectivity index (χ4v) is 6.29. The van der Waals surface area contributed by atoms with Crippen LogP contribution in [0.3, 0.4) is 0 Å². The Kier molecular flexibility index (Phi) is 12.0. The first-order valence-electron chi connectivity index (χ1n) is 14.2. The number of phosphoric ester groups is 1. The highest BCUT2D eigenvalue weighted by Gasteiger charge is 2.37. The van der Waals surface area contributed by atoms with Gasteiger partial charge < -0.3 is 13.6 Å². The van der Waals surface area contributed by atoms with E-state index in [1.54, 1.807) is 0 Å². The molecule has 41 heavy (non-hydrogen) atoms. The fourth-order valence-electron chi connectivity index (χ4n) is 4.80. The Morgan fingerprint density at radius 1 is 0.537 bits per heavy atom. The van der Waals surface area contributed by atoms with Gasteiger partial charge in [0.2, 0.25) is 0 Å². The van der Waals surface area contributed by atoms with Crippen LogP contribution in [0.2, 0.25) is 0 Å². The lowest BCUT2D eigenvalue weighted by Gasteiger charge is -2.26. The summed E-state index contributed by atoms with van der Waals surface area (Å²) in [5, 5.41) is 0. The summed E-state index contributed by atoms with van der Waals surface area (Å²) >= 11 is 0. The Hall–Kier alpha value is -4.03. The number of aryl methyl sites for hydroxylation is 3. The molecule has 0 atom stereocenters. The highest BCUT2D eigenvalue weighted by Crippen LogP contribution is 2.54. The van der Waals surface area contributed by atoms with E-state index in [0.29, 0.717) is 55.8 Å². The summed E-state index contributed by atoms with van der Waals surface area (Å²) < 4.78 is 34.3. The van der Waals surface area contributed by atoms with E-state index in [0.717, 1.165) is 52.6 Å². The van der Waals surface area contributed by atoms with Gasteiger partial charge in [-0.2, -0.15) is 4.57 Å². The van der Waals surface area contributed by atoms with Gasteiger partial charge in [0.25, 0.3) is 0 Å². The Balaban J connectivity index is 2.26. The molecule has 0 heterocycles. The Bertz CT molecular complexity index is 1320. The lowest BCUT2D eigenvalue weighted by atomic mass is 10.0. The molecule has 0 aliphatic rings. The van der Waals surface area contributed by atoms with E-state index in [9.17, 15) is 0 Å². The van der Waals surface area contributed by atoms with Gasteiger partial charge in [-0.15, -0.1) is 37.0 Å². The van der Waals surface area contributed by atoms with Gasteiger partial charge in [0.1, 0.15) is 17.2 Å². The summed E-state index contributed by atoms with van der Waals surface area (Å²) in [4.78, 5) is 0. The zero-order valence-corrected chi connectivity index (χ0v) is 25.3. The molecule has 0 fully saturated rings. The third kappa shape index (κ3) is 8.24. The summed E-state index contributed by atoms with van der Waals surface area (Å²) in [6, 6.07) is 17.3. The van der Waals surface area contributed by atoms with Crippen molar-refractivity contribution in [3.8, 4) is 54.3 Å². The average Bonchev–Trinajstić information content (AvgIpc) is 2.95. The molecule has 212 valence electrons. The van der Waals surface area contributed by atoms with Gasteiger partial charge >= 0.3 is 7.82 Å². The van der Waals surface area contributed by atoms with Gasteiger partial charge in [-0.1, -0.05) is 94.6 Å². The zero-order valence-electron chi connectivity index (χ0n) is 24.4. The summed E-state index contributed by atoms with van der Waals surface area (Å²) in [6.45, 7) is 6.22. The summed E-state index contributed by atoms with van der Waals surface area (Å²) in [6.07, 6.45) is 22.7. The Labute approximate surface area is 246 Å². The zero-order chi connectivity index (χ0) is 29.7. The van der Waals surface area contributed by atoms with Gasteiger partial charge in [0.05, 0.1) is 0 Å². The van der Waals surface area contributed by atoms with E-state index in [1.165, 1.54) is 0 Å². The van der Waals surface area contributed by atoms with Crippen molar-refractivity contribution >= 4 is 7.82 Å². The second-order valence-electron chi connectivity index (χ2n) is 9.83. The maximum Gasteiger partial charge on any atom is 0.647 e. The summed E-state index contributed by atoms with van der Waals surface area (Å²) in [5.41, 5.74) is 4.85. The van der Waals surface area contributed by atoms with E-state index in [1.807, 2.05) is 54.6 Å². The highest BCUT2D eigenvalue weighted by molar-refractivity contribution is 7.49. The van der Waals surface area contributed by atoms with Crippen molar-refractivity contribution in [1.29, 1.82) is 0 Å². The predicted molar refractivity (Wildman–Crippen MR) is 168 cm³/mol. The topological polar surface area (TPSA) is 44.8 Å². The normalized spacial score (nSPS) is 10.7. The molecule has 0 radical (unpaired) electrons. The SMILES string of the molecule is C#CCc1cccc(CCC)c1OP(=O)(Oc1c(CC#C)cccc1CCC)Oc1c(CC#C)cccc1CCC. The fraction of sp³-hybridized carbons (Fsp3) is 0.333. The number of terminal acetylenes is 3. The van der Waals surface area contributed by atoms with Crippen LogP contribution in [-0.4, -0.2) is 0 Å². The molecule has 3 aromatic rings. The highest BCUT2D eigenvalue weighted by atomic mass is 31.2. The summed E-state index contributed by atoms with van der Waals surface area (Å²) in [5.74, 6) is 9.33. The number of rotatable bonds is 15. The standard InChI is InChI=1S/C36H39O4P/c1-7-16-28-22-13-23-29(17-8-2)34(28)38-41(37,39-35-30(18-9-3)24-14-25-31(35)19-10-4)40-36-32(20-11-5)26-15-27-33(36)21-12-6/h1,3,5,13-15,22-27H,8,10,12,16-21H2,2,4,6H3. The van der Waals surface area contributed by atoms with Gasteiger partial charge in [-0.25, -0.2) is 0 Å². The molecule has 0 aliphatic carbocycles. The van der Waals surface area contributed by atoms with Crippen LogP contribution < -0.4 is 13.6 Å². The molecule has 0 unspecified atom stereocenters. The van der Waals surface area contributed by atoms with Crippen molar-refractivity contribution in [3.63, 3.8) is 0 Å². The molecular formula is C36H39O4P. The van der Waals surface area contributed by atoms with Crippen LogP contribution in [0.15, 0.2) is 54.6 Å². The van der Waals surface area contributed by atoms with Crippen molar-refractivity contribution in [1.82, 2.24) is 0 Å². The summed E-state index contributed by atoms with van der Waals surface area (Å²) in [7, 11) is -4.39. The number of para-hydroxylation sites is 3. The van der Waals surface area contributed by atoms with Gasteiger partial charge in [-0.3, -0.25) is 0 Å². The lowest BCUT2D eigenvalue weighted by Crippen LogP contribution is -2.13. The van der Waals surface area contributed by atoms with Crippen LogP contribution in [-0.2, 0) is 43.1 Å².